The Bertz CT molecular complexity index is 492. The van der Waals surface area contributed by atoms with Crippen LogP contribution in [0.15, 0.2) is 12.3 Å². The molecule has 0 bridgehead atoms. The summed E-state index contributed by atoms with van der Waals surface area (Å²) in [6.07, 6.45) is 5.85. The van der Waals surface area contributed by atoms with Gasteiger partial charge in [0.15, 0.2) is 0 Å². The highest BCUT2D eigenvalue weighted by Gasteiger charge is 2.20. The highest BCUT2D eigenvalue weighted by molar-refractivity contribution is 6.33. The second kappa shape index (κ2) is 7.56. The van der Waals surface area contributed by atoms with Crippen molar-refractivity contribution in [3.8, 4) is 0 Å². The zero-order valence-electron chi connectivity index (χ0n) is 12.2. The molecule has 6 nitrogen and oxygen atoms in total. The molecule has 0 saturated carbocycles. The van der Waals surface area contributed by atoms with Crippen molar-refractivity contribution in [2.24, 2.45) is 0 Å². The number of piperidine rings is 1. The van der Waals surface area contributed by atoms with Crippen molar-refractivity contribution in [1.29, 1.82) is 0 Å². The summed E-state index contributed by atoms with van der Waals surface area (Å²) in [6, 6.07) is 1.80. The summed E-state index contributed by atoms with van der Waals surface area (Å²) in [5.74, 6) is 0.636. The molecule has 1 unspecified atom stereocenters. The van der Waals surface area contributed by atoms with Crippen LogP contribution in [0, 0.1) is 10.1 Å². The first-order valence-corrected chi connectivity index (χ1v) is 7.78. The molecule has 1 atom stereocenters. The first-order chi connectivity index (χ1) is 10.1. The molecule has 1 saturated heterocycles. The number of anilines is 1. The first-order valence-electron chi connectivity index (χ1n) is 7.40. The molecule has 116 valence electrons. The molecule has 1 aliphatic rings. The lowest BCUT2D eigenvalue weighted by atomic mass is 10.0. The average molecular weight is 313 g/mol. The van der Waals surface area contributed by atoms with Gasteiger partial charge >= 0.3 is 0 Å². The Hall–Kier alpha value is -1.40. The number of hydrogen-bond donors (Lipinski definition) is 1. The Morgan fingerprint density at radius 3 is 2.95 bits per heavy atom. The van der Waals surface area contributed by atoms with E-state index in [1.54, 1.807) is 0 Å². The molecule has 1 aromatic rings. The second-order valence-corrected chi connectivity index (χ2v) is 5.76. The van der Waals surface area contributed by atoms with Crippen LogP contribution in [0.25, 0.3) is 0 Å². The van der Waals surface area contributed by atoms with Crippen LogP contribution in [0.1, 0.15) is 32.6 Å². The number of halogens is 1. The number of aromatic nitrogens is 1. The first kappa shape index (κ1) is 16.0. The number of nitrogens with one attached hydrogen (secondary N) is 1. The normalized spacial score (nSPS) is 18.5. The Morgan fingerprint density at radius 1 is 1.57 bits per heavy atom. The van der Waals surface area contributed by atoms with E-state index in [1.807, 2.05) is 0 Å². The third-order valence-corrected chi connectivity index (χ3v) is 3.94. The van der Waals surface area contributed by atoms with E-state index in [0.29, 0.717) is 16.9 Å². The highest BCUT2D eigenvalue weighted by atomic mass is 35.5. The molecule has 0 aromatic carbocycles. The largest absolute Gasteiger partial charge is 0.354 e. The van der Waals surface area contributed by atoms with Gasteiger partial charge in [-0.05, 0) is 25.8 Å². The maximum Gasteiger partial charge on any atom is 0.289 e. The molecule has 1 aliphatic heterocycles. The Morgan fingerprint density at radius 2 is 2.38 bits per heavy atom. The highest BCUT2D eigenvalue weighted by Crippen LogP contribution is 2.27. The Balaban J connectivity index is 2.14. The molecule has 7 heteroatoms. The molecule has 21 heavy (non-hydrogen) atoms. The molecular formula is C14H21ClN4O2. The third kappa shape index (κ3) is 4.28. The Labute approximate surface area is 129 Å². The average Bonchev–Trinajstić information content (AvgIpc) is 2.48. The van der Waals surface area contributed by atoms with Crippen LogP contribution < -0.4 is 10.2 Å². The van der Waals surface area contributed by atoms with Gasteiger partial charge in [-0.1, -0.05) is 24.9 Å². The summed E-state index contributed by atoms with van der Waals surface area (Å²) in [5.41, 5.74) is -0.0732. The molecule has 1 N–H and O–H groups in total. The van der Waals surface area contributed by atoms with Crippen molar-refractivity contribution in [2.45, 2.75) is 38.6 Å². The van der Waals surface area contributed by atoms with Gasteiger partial charge in [0.05, 0.1) is 9.95 Å². The summed E-state index contributed by atoms with van der Waals surface area (Å²) in [4.78, 5) is 16.6. The fourth-order valence-corrected chi connectivity index (χ4v) is 2.93. The van der Waals surface area contributed by atoms with E-state index < -0.39 is 4.92 Å². The van der Waals surface area contributed by atoms with E-state index in [-0.39, 0.29) is 5.69 Å². The van der Waals surface area contributed by atoms with E-state index in [0.717, 1.165) is 32.5 Å². The maximum atomic E-state index is 10.8. The second-order valence-electron chi connectivity index (χ2n) is 5.35. The van der Waals surface area contributed by atoms with Crippen molar-refractivity contribution in [2.75, 3.05) is 24.5 Å². The number of nitrogens with zero attached hydrogens (tertiary/aromatic N) is 3. The predicted octanol–water partition coefficient (Wildman–Crippen LogP) is 3.00. The maximum absolute atomic E-state index is 10.8. The van der Waals surface area contributed by atoms with Gasteiger partial charge in [-0.25, -0.2) is 4.98 Å². The van der Waals surface area contributed by atoms with E-state index in [1.165, 1.54) is 25.1 Å². The van der Waals surface area contributed by atoms with Gasteiger partial charge in [-0.15, -0.1) is 0 Å². The van der Waals surface area contributed by atoms with Crippen molar-refractivity contribution in [3.63, 3.8) is 0 Å². The molecule has 1 aromatic heterocycles. The van der Waals surface area contributed by atoms with Crippen LogP contribution in [0.4, 0.5) is 11.5 Å². The smallest absolute Gasteiger partial charge is 0.289 e. The van der Waals surface area contributed by atoms with E-state index in [4.69, 9.17) is 11.6 Å². The van der Waals surface area contributed by atoms with Crippen LogP contribution >= 0.6 is 11.6 Å². The number of nitro groups is 1. The zero-order valence-corrected chi connectivity index (χ0v) is 13.0. The van der Waals surface area contributed by atoms with Crippen molar-refractivity contribution in [1.82, 2.24) is 10.3 Å². The molecule has 2 rings (SSSR count). The quantitative estimate of drug-likeness (QED) is 0.646. The molecule has 0 aliphatic carbocycles. The summed E-state index contributed by atoms with van der Waals surface area (Å²) < 4.78 is 0. The predicted molar refractivity (Wildman–Crippen MR) is 84.0 cm³/mol. The number of pyridine rings is 1. The van der Waals surface area contributed by atoms with Crippen LogP contribution in [-0.4, -0.2) is 35.6 Å². The molecule has 0 amide bonds. The van der Waals surface area contributed by atoms with Gasteiger partial charge in [-0.3, -0.25) is 10.1 Å². The van der Waals surface area contributed by atoms with E-state index in [9.17, 15) is 10.1 Å². The van der Waals surface area contributed by atoms with Crippen LogP contribution in [0.3, 0.4) is 0 Å². The summed E-state index contributed by atoms with van der Waals surface area (Å²) >= 11 is 6.19. The molecule has 0 radical (unpaired) electrons. The lowest BCUT2D eigenvalue weighted by Gasteiger charge is -2.31. The molecular weight excluding hydrogens is 292 g/mol. The lowest BCUT2D eigenvalue weighted by molar-refractivity contribution is -0.385. The fraction of sp³-hybridized carbons (Fsp3) is 0.643. The zero-order chi connectivity index (χ0) is 15.2. The van der Waals surface area contributed by atoms with Crippen LogP contribution in [0.5, 0.6) is 0 Å². The van der Waals surface area contributed by atoms with Gasteiger partial charge < -0.3 is 10.2 Å². The molecule has 0 spiro atoms. The minimum atomic E-state index is -0.477. The van der Waals surface area contributed by atoms with E-state index in [2.05, 4.69) is 22.1 Å². The minimum absolute atomic E-state index is 0.0732. The molecule has 2 heterocycles. The van der Waals surface area contributed by atoms with E-state index >= 15 is 0 Å². The van der Waals surface area contributed by atoms with Crippen LogP contribution in [-0.2, 0) is 0 Å². The standard InChI is InChI=1S/C14H21ClN4O2/c1-2-7-18(10-11-5-3-4-6-16-11)14-13(15)8-12(9-17-14)19(20)21/h8-9,11,16H,2-7,10H2,1H3. The van der Waals surface area contributed by atoms with Crippen molar-refractivity contribution < 1.29 is 4.92 Å². The summed E-state index contributed by atoms with van der Waals surface area (Å²) in [5, 5.41) is 14.6. The topological polar surface area (TPSA) is 71.3 Å². The summed E-state index contributed by atoms with van der Waals surface area (Å²) in [7, 11) is 0. The SMILES string of the molecule is CCCN(CC1CCCCN1)c1ncc([N+](=O)[O-])cc1Cl. The van der Waals surface area contributed by atoms with Gasteiger partial charge in [0.2, 0.25) is 0 Å². The molecule has 1 fully saturated rings. The summed E-state index contributed by atoms with van der Waals surface area (Å²) in [6.45, 7) is 4.81. The third-order valence-electron chi connectivity index (χ3n) is 3.66. The number of rotatable bonds is 6. The van der Waals surface area contributed by atoms with Crippen molar-refractivity contribution in [3.05, 3.63) is 27.4 Å². The van der Waals surface area contributed by atoms with Crippen molar-refractivity contribution >= 4 is 23.1 Å². The Kier molecular flexibility index (Phi) is 5.76. The monoisotopic (exact) mass is 312 g/mol. The van der Waals surface area contributed by atoms with Gasteiger partial charge in [-0.2, -0.15) is 0 Å². The van der Waals surface area contributed by atoms with Gasteiger partial charge in [0, 0.05) is 25.2 Å². The fourth-order valence-electron chi connectivity index (χ4n) is 2.65. The van der Waals surface area contributed by atoms with Crippen LogP contribution in [0.2, 0.25) is 5.02 Å². The number of hydrogen-bond acceptors (Lipinski definition) is 5. The lowest BCUT2D eigenvalue weighted by Crippen LogP contribution is -2.44. The minimum Gasteiger partial charge on any atom is -0.354 e. The van der Waals surface area contributed by atoms with Gasteiger partial charge in [0.25, 0.3) is 5.69 Å². The van der Waals surface area contributed by atoms with Gasteiger partial charge in [0.1, 0.15) is 12.0 Å².